The Bertz CT molecular complexity index is 419. The number of nitrogens with zero attached hydrogens (tertiary/aromatic N) is 3. The summed E-state index contributed by atoms with van der Waals surface area (Å²) in [5.74, 6) is -0.498. The van der Waals surface area contributed by atoms with E-state index in [0.717, 1.165) is 12.8 Å². The number of halogens is 3. The van der Waals surface area contributed by atoms with E-state index in [-0.39, 0.29) is 18.9 Å². The van der Waals surface area contributed by atoms with E-state index in [2.05, 4.69) is 9.89 Å². The average Bonchev–Trinajstić information content (AvgIpc) is 3.25. The molecule has 1 saturated heterocycles. The third-order valence-electron chi connectivity index (χ3n) is 5.37. The highest BCUT2D eigenvalue weighted by Crippen LogP contribution is 2.37. The molecule has 0 aromatic rings. The molecule has 3 aliphatic rings. The lowest BCUT2D eigenvalue weighted by atomic mass is 9.83. The summed E-state index contributed by atoms with van der Waals surface area (Å²) in [5.41, 5.74) is 6.00. The normalized spacial score (nSPS) is 31.9. The molecule has 0 unspecified atom stereocenters. The molecule has 2 saturated carbocycles. The van der Waals surface area contributed by atoms with Gasteiger partial charge in [0.1, 0.15) is 0 Å². The van der Waals surface area contributed by atoms with Gasteiger partial charge in [-0.05, 0) is 51.6 Å². The van der Waals surface area contributed by atoms with E-state index in [0.29, 0.717) is 31.1 Å². The molecule has 0 radical (unpaired) electrons. The van der Waals surface area contributed by atoms with Crippen LogP contribution in [-0.2, 0) is 0 Å². The van der Waals surface area contributed by atoms with Crippen molar-refractivity contribution in [2.24, 2.45) is 16.6 Å². The van der Waals surface area contributed by atoms with Crippen molar-refractivity contribution in [3.8, 4) is 0 Å². The Balaban J connectivity index is 1.41. The van der Waals surface area contributed by atoms with E-state index in [9.17, 15) is 13.2 Å². The van der Waals surface area contributed by atoms with Crippen molar-refractivity contribution in [2.45, 2.75) is 62.8 Å². The number of piperidine rings is 1. The summed E-state index contributed by atoms with van der Waals surface area (Å²) in [6.07, 6.45) is 0.676. The smallest absolute Gasteiger partial charge is 0.370 e. The van der Waals surface area contributed by atoms with Crippen molar-refractivity contribution >= 4 is 5.96 Å². The third kappa shape index (κ3) is 3.50. The van der Waals surface area contributed by atoms with E-state index < -0.39 is 12.1 Å². The minimum Gasteiger partial charge on any atom is -0.370 e. The van der Waals surface area contributed by atoms with Crippen molar-refractivity contribution in [2.75, 3.05) is 20.1 Å². The van der Waals surface area contributed by atoms with Crippen molar-refractivity contribution in [1.82, 2.24) is 9.80 Å². The van der Waals surface area contributed by atoms with Crippen LogP contribution in [0, 0.1) is 5.92 Å². The number of nitrogens with two attached hydrogens (primary N) is 1. The summed E-state index contributed by atoms with van der Waals surface area (Å²) in [5, 5.41) is 0. The van der Waals surface area contributed by atoms with Crippen molar-refractivity contribution < 1.29 is 13.2 Å². The number of alkyl halides is 3. The highest BCUT2D eigenvalue weighted by molar-refractivity contribution is 5.78. The molecule has 4 nitrogen and oxygen atoms in total. The van der Waals surface area contributed by atoms with E-state index in [1.165, 1.54) is 12.8 Å². The second kappa shape index (κ2) is 5.91. The Morgan fingerprint density at radius 3 is 2.23 bits per heavy atom. The predicted octanol–water partition coefficient (Wildman–Crippen LogP) is 2.20. The van der Waals surface area contributed by atoms with Crippen LogP contribution in [0.1, 0.15) is 38.5 Å². The molecule has 0 aromatic heterocycles. The third-order valence-corrected chi connectivity index (χ3v) is 5.37. The van der Waals surface area contributed by atoms with Crippen LogP contribution in [-0.4, -0.2) is 60.2 Å². The van der Waals surface area contributed by atoms with Gasteiger partial charge in [0.2, 0.25) is 0 Å². The van der Waals surface area contributed by atoms with Gasteiger partial charge in [-0.2, -0.15) is 13.2 Å². The number of hydrogen-bond acceptors (Lipinski definition) is 2. The first-order valence-corrected chi connectivity index (χ1v) is 8.21. The van der Waals surface area contributed by atoms with Crippen molar-refractivity contribution in [3.05, 3.63) is 0 Å². The SMILES string of the molecule is CN(C(N)=NC1CC(N2CCC(C(F)(F)F)CC2)C1)C1CC1. The molecule has 1 heterocycles. The van der Waals surface area contributed by atoms with Gasteiger partial charge in [0, 0.05) is 19.1 Å². The second-order valence-corrected chi connectivity index (χ2v) is 6.96. The van der Waals surface area contributed by atoms with Gasteiger partial charge in [0.05, 0.1) is 12.0 Å². The summed E-state index contributed by atoms with van der Waals surface area (Å²) in [6, 6.07) is 1.19. The van der Waals surface area contributed by atoms with Gasteiger partial charge in [-0.1, -0.05) is 0 Å². The molecule has 0 spiro atoms. The van der Waals surface area contributed by atoms with Gasteiger partial charge in [0.15, 0.2) is 5.96 Å². The maximum Gasteiger partial charge on any atom is 0.391 e. The number of rotatable bonds is 3. The standard InChI is InChI=1S/C15H25F3N4/c1-21(12-2-3-12)14(19)20-11-8-13(9-11)22-6-4-10(5-7-22)15(16,17)18/h10-13H,2-9H2,1H3,(H2,19,20). The summed E-state index contributed by atoms with van der Waals surface area (Å²) < 4.78 is 38.0. The number of aliphatic imine (C=N–C) groups is 1. The van der Waals surface area contributed by atoms with E-state index in [4.69, 9.17) is 5.73 Å². The van der Waals surface area contributed by atoms with Crippen LogP contribution in [0.25, 0.3) is 0 Å². The Kier molecular flexibility index (Phi) is 4.27. The largest absolute Gasteiger partial charge is 0.391 e. The molecule has 126 valence electrons. The lowest BCUT2D eigenvalue weighted by molar-refractivity contribution is -0.187. The highest BCUT2D eigenvalue weighted by Gasteiger charge is 2.43. The van der Waals surface area contributed by atoms with Gasteiger partial charge in [-0.3, -0.25) is 0 Å². The van der Waals surface area contributed by atoms with Crippen LogP contribution in [0.4, 0.5) is 13.2 Å². The van der Waals surface area contributed by atoms with Gasteiger partial charge < -0.3 is 15.5 Å². The average molecular weight is 318 g/mol. The molecule has 0 atom stereocenters. The van der Waals surface area contributed by atoms with Crippen LogP contribution in [0.15, 0.2) is 4.99 Å². The molecule has 1 aliphatic heterocycles. The minimum atomic E-state index is -4.03. The monoisotopic (exact) mass is 318 g/mol. The van der Waals surface area contributed by atoms with E-state index in [1.807, 2.05) is 11.9 Å². The Labute approximate surface area is 129 Å². The van der Waals surface area contributed by atoms with Crippen LogP contribution < -0.4 is 5.73 Å². The van der Waals surface area contributed by atoms with E-state index in [1.54, 1.807) is 0 Å². The molecular formula is C15H25F3N4. The second-order valence-electron chi connectivity index (χ2n) is 6.96. The molecular weight excluding hydrogens is 293 g/mol. The molecule has 2 N–H and O–H groups in total. The van der Waals surface area contributed by atoms with Crippen LogP contribution >= 0.6 is 0 Å². The fourth-order valence-corrected chi connectivity index (χ4v) is 3.48. The summed E-state index contributed by atoms with van der Waals surface area (Å²) >= 11 is 0. The first-order valence-electron chi connectivity index (χ1n) is 8.21. The van der Waals surface area contributed by atoms with Crippen LogP contribution in [0.2, 0.25) is 0 Å². The lowest BCUT2D eigenvalue weighted by Crippen LogP contribution is -2.51. The van der Waals surface area contributed by atoms with E-state index >= 15 is 0 Å². The van der Waals surface area contributed by atoms with Crippen LogP contribution in [0.5, 0.6) is 0 Å². The first kappa shape index (κ1) is 15.9. The molecule has 0 bridgehead atoms. The molecule has 3 fully saturated rings. The minimum absolute atomic E-state index is 0.237. The van der Waals surface area contributed by atoms with Gasteiger partial charge in [-0.15, -0.1) is 0 Å². The zero-order valence-electron chi connectivity index (χ0n) is 13.0. The van der Waals surface area contributed by atoms with Gasteiger partial charge >= 0.3 is 6.18 Å². The Hall–Kier alpha value is -0.980. The zero-order chi connectivity index (χ0) is 15.9. The van der Waals surface area contributed by atoms with Crippen molar-refractivity contribution in [3.63, 3.8) is 0 Å². The maximum absolute atomic E-state index is 12.7. The quantitative estimate of drug-likeness (QED) is 0.641. The topological polar surface area (TPSA) is 44.9 Å². The van der Waals surface area contributed by atoms with Gasteiger partial charge in [0.25, 0.3) is 0 Å². The summed E-state index contributed by atoms with van der Waals surface area (Å²) in [7, 11) is 1.98. The fourth-order valence-electron chi connectivity index (χ4n) is 3.48. The molecule has 0 amide bonds. The number of guanidine groups is 1. The highest BCUT2D eigenvalue weighted by atomic mass is 19.4. The number of likely N-dealkylation sites (tertiary alicyclic amines) is 1. The summed E-state index contributed by atoms with van der Waals surface area (Å²) in [6.45, 7) is 1.12. The number of hydrogen-bond donors (Lipinski definition) is 1. The predicted molar refractivity (Wildman–Crippen MR) is 79.6 cm³/mol. The van der Waals surface area contributed by atoms with Crippen molar-refractivity contribution in [1.29, 1.82) is 0 Å². The summed E-state index contributed by atoms with van der Waals surface area (Å²) in [4.78, 5) is 8.80. The van der Waals surface area contributed by atoms with Gasteiger partial charge in [-0.25, -0.2) is 4.99 Å². The Morgan fingerprint density at radius 1 is 1.14 bits per heavy atom. The lowest BCUT2D eigenvalue weighted by Gasteiger charge is -2.44. The molecule has 22 heavy (non-hydrogen) atoms. The maximum atomic E-state index is 12.7. The molecule has 0 aromatic carbocycles. The zero-order valence-corrected chi connectivity index (χ0v) is 13.0. The molecule has 3 rings (SSSR count). The Morgan fingerprint density at radius 2 is 1.73 bits per heavy atom. The van der Waals surface area contributed by atoms with Crippen LogP contribution in [0.3, 0.4) is 0 Å². The molecule has 7 heteroatoms. The first-order chi connectivity index (χ1) is 10.3. The fraction of sp³-hybridized carbons (Fsp3) is 0.933. The molecule has 2 aliphatic carbocycles.